The van der Waals surface area contributed by atoms with E-state index in [4.69, 9.17) is 0 Å². The molecule has 0 aromatic rings. The van der Waals surface area contributed by atoms with Crippen molar-refractivity contribution < 1.29 is 0 Å². The second kappa shape index (κ2) is 1.66. The quantitative estimate of drug-likeness (QED) is 0.440. The maximum atomic E-state index is 2.54. The van der Waals surface area contributed by atoms with E-state index in [-0.39, 0.29) is 0 Å². The molecule has 0 aliphatic heterocycles. The molecule has 2 radical (unpaired) electrons. The number of rotatable bonds is 0. The minimum absolute atomic E-state index is 1.14. The molecule has 1 aliphatic carbocycles. The maximum absolute atomic E-state index is 2.54. The summed E-state index contributed by atoms with van der Waals surface area (Å²) < 4.78 is 1.41. The molecule has 1 heteroatoms. The van der Waals surface area contributed by atoms with Crippen molar-refractivity contribution in [3.8, 4) is 0 Å². The van der Waals surface area contributed by atoms with Crippen molar-refractivity contribution in [3.63, 3.8) is 0 Å². The monoisotopic (exact) mass is 140 g/mol. The van der Waals surface area contributed by atoms with Crippen LogP contribution in [0.15, 0.2) is 22.6 Å². The zero-order valence-corrected chi connectivity index (χ0v) is 5.26. The van der Waals surface area contributed by atoms with Crippen LogP contribution in [0.1, 0.15) is 6.42 Å². The first-order valence-electron chi connectivity index (χ1n) is 1.94. The Morgan fingerprint density at radius 2 is 2.50 bits per heavy atom. The third-order valence-electron chi connectivity index (χ3n) is 0.752. The summed E-state index contributed by atoms with van der Waals surface area (Å²) in [5, 5.41) is 0. The zero-order chi connectivity index (χ0) is 4.41. The summed E-state index contributed by atoms with van der Waals surface area (Å²) in [7, 11) is 0. The van der Waals surface area contributed by atoms with Gasteiger partial charge < -0.3 is 0 Å². The first-order chi connectivity index (χ1) is 2.89. The molecule has 1 rings (SSSR count). The average molecular weight is 140 g/mol. The Morgan fingerprint density at radius 3 is 2.67 bits per heavy atom. The third kappa shape index (κ3) is 0.753. The predicted molar refractivity (Wildman–Crippen MR) is 27.6 cm³/mol. The molecule has 0 saturated heterocycles. The van der Waals surface area contributed by atoms with Crippen LogP contribution in [0.25, 0.3) is 0 Å². The Hall–Kier alpha value is 0.0384. The molecule has 0 fully saturated rings. The van der Waals surface area contributed by atoms with Crippen molar-refractivity contribution in [2.24, 2.45) is 0 Å². The summed E-state index contributed by atoms with van der Waals surface area (Å²) in [6.07, 6.45) is 7.47. The van der Waals surface area contributed by atoms with Crippen molar-refractivity contribution >= 4 is 16.9 Å². The number of hydrogen-bond donors (Lipinski definition) is 0. The normalized spacial score (nSPS) is 18.5. The van der Waals surface area contributed by atoms with Gasteiger partial charge in [-0.3, -0.25) is 0 Å². The molecular weight excluding hydrogens is 135 g/mol. The van der Waals surface area contributed by atoms with Crippen molar-refractivity contribution in [2.45, 2.75) is 6.42 Å². The van der Waals surface area contributed by atoms with E-state index in [1.54, 1.807) is 0 Å². The van der Waals surface area contributed by atoms with E-state index in [0.29, 0.717) is 0 Å². The molecule has 30 valence electrons. The fourth-order valence-electron chi connectivity index (χ4n) is 0.436. The molecule has 0 heterocycles. The van der Waals surface area contributed by atoms with Crippen LogP contribution < -0.4 is 0 Å². The molecule has 0 saturated carbocycles. The van der Waals surface area contributed by atoms with E-state index in [9.17, 15) is 0 Å². The van der Waals surface area contributed by atoms with Crippen LogP contribution in [0.4, 0.5) is 0 Å². The Labute approximate surface area is 46.4 Å². The van der Waals surface area contributed by atoms with Gasteiger partial charge in [-0.1, -0.05) is 0 Å². The van der Waals surface area contributed by atoms with Gasteiger partial charge >= 0.3 is 45.9 Å². The summed E-state index contributed by atoms with van der Waals surface area (Å²) >= 11 is 2.54. The van der Waals surface area contributed by atoms with Crippen molar-refractivity contribution in [2.75, 3.05) is 0 Å². The summed E-state index contributed by atoms with van der Waals surface area (Å²) in [5.41, 5.74) is 0. The Bertz CT molecular complexity index is 101. The molecule has 6 heavy (non-hydrogen) atoms. The fourth-order valence-corrected chi connectivity index (χ4v) is 0.838. The average Bonchev–Trinajstić information content (AvgIpc) is 1.86. The van der Waals surface area contributed by atoms with Crippen LogP contribution in [0.5, 0.6) is 0 Å². The molecule has 0 unspecified atom stereocenters. The Kier molecular flexibility index (Phi) is 1.16. The summed E-state index contributed by atoms with van der Waals surface area (Å²) in [6.45, 7) is 0. The molecule has 1 aliphatic rings. The van der Waals surface area contributed by atoms with Crippen molar-refractivity contribution in [3.05, 3.63) is 22.6 Å². The number of hydrogen-bond acceptors (Lipinski definition) is 0. The molecule has 0 atom stereocenters. The van der Waals surface area contributed by atoms with Gasteiger partial charge in [0.1, 0.15) is 0 Å². The molecule has 0 aromatic heterocycles. The SMILES string of the molecule is [As]C1=CC=CC1. The first kappa shape index (κ1) is 4.20. The van der Waals surface area contributed by atoms with Gasteiger partial charge in [0.25, 0.3) is 0 Å². The van der Waals surface area contributed by atoms with Gasteiger partial charge in [0, 0.05) is 0 Å². The van der Waals surface area contributed by atoms with Crippen LogP contribution in [0.2, 0.25) is 0 Å². The summed E-state index contributed by atoms with van der Waals surface area (Å²) in [5.74, 6) is 0. The van der Waals surface area contributed by atoms with Crippen LogP contribution in [0.3, 0.4) is 0 Å². The van der Waals surface area contributed by atoms with E-state index in [0.717, 1.165) is 6.42 Å². The summed E-state index contributed by atoms with van der Waals surface area (Å²) in [4.78, 5) is 0. The van der Waals surface area contributed by atoms with Crippen LogP contribution >= 0.6 is 0 Å². The van der Waals surface area contributed by atoms with Gasteiger partial charge in [-0.15, -0.1) is 0 Å². The van der Waals surface area contributed by atoms with Gasteiger partial charge in [0.2, 0.25) is 0 Å². The third-order valence-corrected chi connectivity index (χ3v) is 1.45. The molecule has 0 amide bonds. The fraction of sp³-hybridized carbons (Fsp3) is 0.200. The van der Waals surface area contributed by atoms with E-state index in [2.05, 4.69) is 35.1 Å². The second-order valence-electron chi connectivity index (χ2n) is 1.29. The first-order valence-corrected chi connectivity index (χ1v) is 2.88. The second-order valence-corrected chi connectivity index (χ2v) is 2.50. The van der Waals surface area contributed by atoms with Crippen molar-refractivity contribution in [1.29, 1.82) is 0 Å². The van der Waals surface area contributed by atoms with E-state index < -0.39 is 0 Å². The summed E-state index contributed by atoms with van der Waals surface area (Å²) in [6, 6.07) is 0. The van der Waals surface area contributed by atoms with Gasteiger partial charge in [0.15, 0.2) is 0 Å². The minimum atomic E-state index is 1.14. The molecule has 0 bridgehead atoms. The van der Waals surface area contributed by atoms with Gasteiger partial charge in [-0.05, 0) is 0 Å². The van der Waals surface area contributed by atoms with Crippen LogP contribution in [-0.4, -0.2) is 16.9 Å². The molecule has 0 nitrogen and oxygen atoms in total. The van der Waals surface area contributed by atoms with E-state index in [1.165, 1.54) is 4.36 Å². The van der Waals surface area contributed by atoms with Gasteiger partial charge in [0.05, 0.1) is 0 Å². The van der Waals surface area contributed by atoms with Crippen molar-refractivity contribution in [1.82, 2.24) is 0 Å². The Morgan fingerprint density at radius 1 is 1.67 bits per heavy atom. The standard InChI is InChI=1S/C5H5As/c6-5-3-1-2-4-5/h1-3H,4H2. The predicted octanol–water partition coefficient (Wildman–Crippen LogP) is 0.999. The van der Waals surface area contributed by atoms with Crippen LogP contribution in [-0.2, 0) is 0 Å². The van der Waals surface area contributed by atoms with E-state index >= 15 is 0 Å². The number of allylic oxidation sites excluding steroid dienone is 4. The van der Waals surface area contributed by atoms with Gasteiger partial charge in [-0.2, -0.15) is 0 Å². The molecule has 0 spiro atoms. The molecule has 0 N–H and O–H groups in total. The zero-order valence-electron chi connectivity index (χ0n) is 3.39. The molecule has 0 aromatic carbocycles. The van der Waals surface area contributed by atoms with E-state index in [1.807, 2.05) is 0 Å². The topological polar surface area (TPSA) is 0 Å². The van der Waals surface area contributed by atoms with Crippen LogP contribution in [0, 0.1) is 0 Å². The Balaban J connectivity index is 2.61. The van der Waals surface area contributed by atoms with Gasteiger partial charge in [-0.25, -0.2) is 0 Å². The molecular formula is C5H5As.